The highest BCUT2D eigenvalue weighted by Crippen LogP contribution is 2.37. The van der Waals surface area contributed by atoms with Gasteiger partial charge in [-0.25, -0.2) is 31.1 Å². The van der Waals surface area contributed by atoms with Crippen molar-refractivity contribution in [1.29, 1.82) is 0 Å². The average molecular weight is 324 g/mol. The summed E-state index contributed by atoms with van der Waals surface area (Å²) in [5.74, 6) is -20.1. The molecule has 1 aromatic carbocycles. The van der Waals surface area contributed by atoms with E-state index in [9.17, 15) is 44.3 Å². The van der Waals surface area contributed by atoms with E-state index in [4.69, 9.17) is 5.11 Å². The molecule has 0 saturated heterocycles. The van der Waals surface area contributed by atoms with E-state index in [1.807, 2.05) is 0 Å². The summed E-state index contributed by atoms with van der Waals surface area (Å²) >= 11 is 0. The highest BCUT2D eigenvalue weighted by atomic mass is 19.4. The van der Waals surface area contributed by atoms with E-state index in [0.29, 0.717) is 0 Å². The van der Waals surface area contributed by atoms with Gasteiger partial charge in [0.25, 0.3) is 0 Å². The molecule has 116 valence electrons. The van der Waals surface area contributed by atoms with E-state index in [-0.39, 0.29) is 0 Å². The molecule has 0 aromatic heterocycles. The minimum atomic E-state index is -5.93. The summed E-state index contributed by atoms with van der Waals surface area (Å²) in [5.41, 5.74) is -5.72. The average Bonchev–Trinajstić information content (AvgIpc) is 2.32. The summed E-state index contributed by atoms with van der Waals surface area (Å²) in [7, 11) is 0. The van der Waals surface area contributed by atoms with Crippen molar-refractivity contribution in [2.75, 3.05) is 0 Å². The molecule has 1 N–H and O–H groups in total. The van der Waals surface area contributed by atoms with Gasteiger partial charge < -0.3 is 5.11 Å². The van der Waals surface area contributed by atoms with Crippen LogP contribution in [0.4, 0.5) is 39.5 Å². The van der Waals surface area contributed by atoms with Crippen LogP contribution in [0.5, 0.6) is 0 Å². The van der Waals surface area contributed by atoms with Crippen molar-refractivity contribution in [2.45, 2.75) is 6.18 Å². The Kier molecular flexibility index (Phi) is 4.25. The SMILES string of the molecule is O=C(O)C(=C(F)c1c(F)c(F)c(F)c(F)c1F)C(F)(F)F. The molecular formula is C10HF9O2. The van der Waals surface area contributed by atoms with E-state index in [1.54, 1.807) is 0 Å². The number of carboxylic acids is 1. The van der Waals surface area contributed by atoms with Gasteiger partial charge in [-0.3, -0.25) is 0 Å². The summed E-state index contributed by atoms with van der Waals surface area (Å²) in [6.45, 7) is 0. The first-order valence-corrected chi connectivity index (χ1v) is 4.63. The van der Waals surface area contributed by atoms with E-state index >= 15 is 0 Å². The number of hydrogen-bond acceptors (Lipinski definition) is 1. The molecule has 0 radical (unpaired) electrons. The molecule has 2 nitrogen and oxygen atoms in total. The molecule has 0 spiro atoms. The van der Waals surface area contributed by atoms with Crippen molar-refractivity contribution < 1.29 is 49.4 Å². The van der Waals surface area contributed by atoms with Crippen molar-refractivity contribution in [3.05, 3.63) is 40.2 Å². The molecular weight excluding hydrogens is 323 g/mol. The minimum absolute atomic E-state index is 2.61. The van der Waals surface area contributed by atoms with Crippen LogP contribution in [0.2, 0.25) is 0 Å². The van der Waals surface area contributed by atoms with Crippen molar-refractivity contribution >= 4 is 11.8 Å². The first-order valence-electron chi connectivity index (χ1n) is 4.63. The fraction of sp³-hybridized carbons (Fsp3) is 0.100. The Hall–Kier alpha value is -2.20. The van der Waals surface area contributed by atoms with E-state index in [2.05, 4.69) is 0 Å². The van der Waals surface area contributed by atoms with Crippen molar-refractivity contribution in [1.82, 2.24) is 0 Å². The van der Waals surface area contributed by atoms with Gasteiger partial charge in [-0.05, 0) is 0 Å². The predicted octanol–water partition coefficient (Wildman–Crippen LogP) is 3.71. The number of hydrogen-bond donors (Lipinski definition) is 1. The van der Waals surface area contributed by atoms with E-state index in [1.165, 1.54) is 0 Å². The zero-order chi connectivity index (χ0) is 16.7. The van der Waals surface area contributed by atoms with Crippen LogP contribution in [0.3, 0.4) is 0 Å². The molecule has 11 heteroatoms. The Balaban J connectivity index is 3.87. The monoisotopic (exact) mass is 324 g/mol. The first kappa shape index (κ1) is 16.9. The highest BCUT2D eigenvalue weighted by molar-refractivity contribution is 5.96. The normalized spacial score (nSPS) is 13.2. The number of carbonyl (C=O) groups is 1. The fourth-order valence-corrected chi connectivity index (χ4v) is 1.26. The van der Waals surface area contributed by atoms with Crippen LogP contribution < -0.4 is 0 Å². The third-order valence-corrected chi connectivity index (χ3v) is 2.15. The van der Waals surface area contributed by atoms with Crippen LogP contribution in [-0.2, 0) is 4.79 Å². The van der Waals surface area contributed by atoms with Crippen molar-refractivity contribution in [3.63, 3.8) is 0 Å². The highest BCUT2D eigenvalue weighted by Gasteiger charge is 2.44. The van der Waals surface area contributed by atoms with Gasteiger partial charge in [-0.1, -0.05) is 0 Å². The molecule has 0 bridgehead atoms. The largest absolute Gasteiger partial charge is 0.478 e. The molecule has 1 aromatic rings. The Morgan fingerprint density at radius 2 is 1.14 bits per heavy atom. The summed E-state index contributed by atoms with van der Waals surface area (Å²) < 4.78 is 115. The Morgan fingerprint density at radius 1 is 0.810 bits per heavy atom. The Bertz CT molecular complexity index is 616. The quantitative estimate of drug-likeness (QED) is 0.390. The van der Waals surface area contributed by atoms with Gasteiger partial charge in [0.05, 0.1) is 5.56 Å². The maximum absolute atomic E-state index is 13.4. The number of benzene rings is 1. The van der Waals surface area contributed by atoms with Crippen molar-refractivity contribution in [2.24, 2.45) is 0 Å². The predicted molar refractivity (Wildman–Crippen MR) is 48.0 cm³/mol. The summed E-state index contributed by atoms with van der Waals surface area (Å²) in [6, 6.07) is 0. The zero-order valence-electron chi connectivity index (χ0n) is 9.26. The van der Waals surface area contributed by atoms with Crippen LogP contribution in [0.1, 0.15) is 5.56 Å². The third-order valence-electron chi connectivity index (χ3n) is 2.15. The summed E-state index contributed by atoms with van der Waals surface area (Å²) in [6.07, 6.45) is -5.93. The second-order valence-electron chi connectivity index (χ2n) is 3.44. The second kappa shape index (κ2) is 5.30. The standard InChI is InChI=1S/C10HF9O2/c11-3(2(9(20)21)10(17,18)19)1-4(12)6(14)8(16)7(15)5(1)13/h(H,20,21). The topological polar surface area (TPSA) is 37.3 Å². The van der Waals surface area contributed by atoms with E-state index in [0.717, 1.165) is 0 Å². The van der Waals surface area contributed by atoms with Crippen LogP contribution in [0, 0.1) is 29.1 Å². The van der Waals surface area contributed by atoms with E-state index < -0.39 is 58.2 Å². The van der Waals surface area contributed by atoms with Gasteiger partial charge >= 0.3 is 12.1 Å². The molecule has 21 heavy (non-hydrogen) atoms. The van der Waals surface area contributed by atoms with Crippen LogP contribution in [0.25, 0.3) is 5.83 Å². The molecule has 0 fully saturated rings. The lowest BCUT2D eigenvalue weighted by Crippen LogP contribution is -2.22. The van der Waals surface area contributed by atoms with Crippen LogP contribution >= 0.6 is 0 Å². The zero-order valence-corrected chi connectivity index (χ0v) is 9.26. The van der Waals surface area contributed by atoms with Gasteiger partial charge in [0, 0.05) is 0 Å². The molecule has 0 unspecified atom stereocenters. The van der Waals surface area contributed by atoms with Gasteiger partial charge in [0.1, 0.15) is 0 Å². The summed E-state index contributed by atoms with van der Waals surface area (Å²) in [4.78, 5) is 10.3. The Labute approximate surface area is 109 Å². The maximum atomic E-state index is 13.4. The molecule has 0 aliphatic carbocycles. The molecule has 0 aliphatic rings. The number of halogens is 9. The van der Waals surface area contributed by atoms with Crippen molar-refractivity contribution in [3.8, 4) is 0 Å². The fourth-order valence-electron chi connectivity index (χ4n) is 1.26. The number of alkyl halides is 3. The van der Waals surface area contributed by atoms with Gasteiger partial charge in [-0.15, -0.1) is 0 Å². The van der Waals surface area contributed by atoms with Gasteiger partial charge in [-0.2, -0.15) is 13.2 Å². The lowest BCUT2D eigenvalue weighted by Gasteiger charge is -2.11. The minimum Gasteiger partial charge on any atom is -0.478 e. The molecule has 1 rings (SSSR count). The summed E-state index contributed by atoms with van der Waals surface area (Å²) in [5, 5.41) is 8.19. The molecule has 0 amide bonds. The van der Waals surface area contributed by atoms with Gasteiger partial charge in [0.2, 0.25) is 5.82 Å². The smallest absolute Gasteiger partial charge is 0.426 e. The number of aliphatic carboxylic acids is 1. The Morgan fingerprint density at radius 3 is 1.43 bits per heavy atom. The van der Waals surface area contributed by atoms with Crippen LogP contribution in [-0.4, -0.2) is 17.3 Å². The lowest BCUT2D eigenvalue weighted by molar-refractivity contribution is -0.144. The third kappa shape index (κ3) is 2.81. The maximum Gasteiger partial charge on any atom is 0.426 e. The molecule has 0 saturated carbocycles. The first-order chi connectivity index (χ1) is 9.41. The van der Waals surface area contributed by atoms with Gasteiger partial charge in [0.15, 0.2) is 34.7 Å². The molecule has 0 aliphatic heterocycles. The molecule has 0 atom stereocenters. The van der Waals surface area contributed by atoms with Crippen LogP contribution in [0.15, 0.2) is 5.57 Å². The lowest BCUT2D eigenvalue weighted by atomic mass is 10.1. The number of carboxylic acid groups (broad SMARTS) is 1. The molecule has 0 heterocycles. The second-order valence-corrected chi connectivity index (χ2v) is 3.44. The number of rotatable bonds is 2.